The Hall–Kier alpha value is -1.63. The van der Waals surface area contributed by atoms with Crippen LogP contribution in [0.5, 0.6) is 0 Å². The van der Waals surface area contributed by atoms with E-state index >= 15 is 0 Å². The number of nitrogens with zero attached hydrogens (tertiary/aromatic N) is 2. The van der Waals surface area contributed by atoms with Crippen LogP contribution < -0.4 is 5.32 Å². The fourth-order valence-electron chi connectivity index (χ4n) is 1.13. The van der Waals surface area contributed by atoms with Crippen LogP contribution in [0.3, 0.4) is 0 Å². The van der Waals surface area contributed by atoms with Crippen molar-refractivity contribution in [2.24, 2.45) is 0 Å². The molecule has 1 aromatic rings. The molecule has 7 heteroatoms. The predicted molar refractivity (Wildman–Crippen MR) is 63.0 cm³/mol. The minimum Gasteiger partial charge on any atom is -0.481 e. The Bertz CT molecular complexity index is 408. The highest BCUT2D eigenvalue weighted by molar-refractivity contribution is 7.99. The molecule has 1 aromatic heterocycles. The lowest BCUT2D eigenvalue weighted by atomic mass is 10.3. The number of hydrogen-bond donors (Lipinski definition) is 2. The summed E-state index contributed by atoms with van der Waals surface area (Å²) < 4.78 is 0. The van der Waals surface area contributed by atoms with E-state index < -0.39 is 5.97 Å². The molecule has 0 saturated heterocycles. The second kappa shape index (κ2) is 6.19. The first kappa shape index (κ1) is 13.4. The van der Waals surface area contributed by atoms with Crippen molar-refractivity contribution in [2.75, 3.05) is 7.05 Å². The average molecular weight is 255 g/mol. The Morgan fingerprint density at radius 3 is 2.65 bits per heavy atom. The van der Waals surface area contributed by atoms with Gasteiger partial charge in [-0.1, -0.05) is 6.92 Å². The Morgan fingerprint density at radius 1 is 1.47 bits per heavy atom. The molecule has 0 aliphatic heterocycles. The molecule has 1 rings (SSSR count). The Kier molecular flexibility index (Phi) is 4.89. The number of carbonyl (C=O) groups is 2. The van der Waals surface area contributed by atoms with Gasteiger partial charge in [0.1, 0.15) is 5.03 Å². The average Bonchev–Trinajstić information content (AvgIpc) is 2.28. The van der Waals surface area contributed by atoms with Gasteiger partial charge in [0, 0.05) is 12.3 Å². The highest BCUT2D eigenvalue weighted by Gasteiger charge is 2.11. The van der Waals surface area contributed by atoms with E-state index in [1.165, 1.54) is 18.8 Å². The zero-order valence-electron chi connectivity index (χ0n) is 9.51. The number of hydrogen-bond acceptors (Lipinski definition) is 5. The van der Waals surface area contributed by atoms with Gasteiger partial charge >= 0.3 is 5.97 Å². The molecular weight excluding hydrogens is 242 g/mol. The number of carboxylic acid groups (broad SMARTS) is 1. The molecule has 0 aliphatic carbocycles. The molecule has 0 fully saturated rings. The van der Waals surface area contributed by atoms with Crippen LogP contribution in [-0.2, 0) is 4.79 Å². The van der Waals surface area contributed by atoms with Crippen molar-refractivity contribution in [3.8, 4) is 0 Å². The van der Waals surface area contributed by atoms with Gasteiger partial charge in [0.25, 0.3) is 5.91 Å². The van der Waals surface area contributed by atoms with E-state index in [4.69, 9.17) is 5.11 Å². The summed E-state index contributed by atoms with van der Waals surface area (Å²) in [6.07, 6.45) is 0.0591. The van der Waals surface area contributed by atoms with Crippen molar-refractivity contribution in [1.82, 2.24) is 15.5 Å². The topological polar surface area (TPSA) is 92.2 Å². The Morgan fingerprint density at radius 2 is 2.18 bits per heavy atom. The molecule has 2 N–H and O–H groups in total. The van der Waals surface area contributed by atoms with Gasteiger partial charge in [-0.05, 0) is 12.1 Å². The zero-order chi connectivity index (χ0) is 12.8. The molecule has 0 saturated carbocycles. The van der Waals surface area contributed by atoms with Gasteiger partial charge in [0.05, 0.1) is 6.42 Å². The summed E-state index contributed by atoms with van der Waals surface area (Å²) in [5, 5.41) is 19.2. The largest absolute Gasteiger partial charge is 0.481 e. The quantitative estimate of drug-likeness (QED) is 0.756. The summed E-state index contributed by atoms with van der Waals surface area (Å²) in [7, 11) is 1.52. The fourth-order valence-corrected chi connectivity index (χ4v) is 2.00. The molecule has 1 atom stereocenters. The van der Waals surface area contributed by atoms with E-state index in [0.29, 0.717) is 5.03 Å². The Labute approximate surface area is 103 Å². The van der Waals surface area contributed by atoms with E-state index in [0.717, 1.165) is 0 Å². The smallest absolute Gasteiger partial charge is 0.304 e. The number of aliphatic carboxylic acids is 1. The van der Waals surface area contributed by atoms with E-state index in [1.54, 1.807) is 19.1 Å². The van der Waals surface area contributed by atoms with Crippen LogP contribution in [0, 0.1) is 0 Å². The maximum Gasteiger partial charge on any atom is 0.304 e. The lowest BCUT2D eigenvalue weighted by molar-refractivity contribution is -0.136. The third-order valence-electron chi connectivity index (χ3n) is 1.88. The minimum absolute atomic E-state index is 0.0591. The van der Waals surface area contributed by atoms with Crippen LogP contribution in [-0.4, -0.2) is 39.5 Å². The maximum atomic E-state index is 11.2. The SMILES string of the molecule is CNC(=O)c1ccc(SC(C)CC(=O)O)nn1. The van der Waals surface area contributed by atoms with E-state index in [9.17, 15) is 9.59 Å². The lowest BCUT2D eigenvalue weighted by Crippen LogP contribution is -2.19. The third-order valence-corrected chi connectivity index (χ3v) is 2.91. The molecule has 92 valence electrons. The summed E-state index contributed by atoms with van der Waals surface area (Å²) in [6, 6.07) is 3.21. The zero-order valence-corrected chi connectivity index (χ0v) is 10.3. The summed E-state index contributed by atoms with van der Waals surface area (Å²) in [5.41, 5.74) is 0.239. The monoisotopic (exact) mass is 255 g/mol. The predicted octanol–water partition coefficient (Wildman–Crippen LogP) is 0.791. The van der Waals surface area contributed by atoms with Crippen molar-refractivity contribution in [1.29, 1.82) is 0 Å². The van der Waals surface area contributed by atoms with Crippen molar-refractivity contribution in [3.05, 3.63) is 17.8 Å². The highest BCUT2D eigenvalue weighted by Crippen LogP contribution is 2.22. The van der Waals surface area contributed by atoms with Gasteiger partial charge in [-0.25, -0.2) is 0 Å². The maximum absolute atomic E-state index is 11.2. The van der Waals surface area contributed by atoms with Crippen LogP contribution in [0.15, 0.2) is 17.2 Å². The molecule has 17 heavy (non-hydrogen) atoms. The van der Waals surface area contributed by atoms with Gasteiger partial charge in [-0.3, -0.25) is 9.59 Å². The van der Waals surface area contributed by atoms with Crippen molar-refractivity contribution < 1.29 is 14.7 Å². The number of aromatic nitrogens is 2. The molecule has 0 bridgehead atoms. The van der Waals surface area contributed by atoms with Crippen molar-refractivity contribution in [2.45, 2.75) is 23.6 Å². The molecule has 0 spiro atoms. The summed E-state index contributed by atoms with van der Waals surface area (Å²) in [5.74, 6) is -1.15. The number of thioether (sulfide) groups is 1. The van der Waals surface area contributed by atoms with Gasteiger partial charge in [0.2, 0.25) is 0 Å². The second-order valence-corrected chi connectivity index (χ2v) is 4.82. The molecule has 6 nitrogen and oxygen atoms in total. The van der Waals surface area contributed by atoms with Gasteiger partial charge in [-0.15, -0.1) is 22.0 Å². The van der Waals surface area contributed by atoms with Gasteiger partial charge in [0.15, 0.2) is 5.69 Å². The normalized spacial score (nSPS) is 11.9. The number of carboxylic acids is 1. The molecule has 1 heterocycles. The Balaban J connectivity index is 2.62. The first-order valence-corrected chi connectivity index (χ1v) is 5.85. The summed E-state index contributed by atoms with van der Waals surface area (Å²) in [6.45, 7) is 1.80. The molecule has 0 radical (unpaired) electrons. The van der Waals surface area contributed by atoms with Crippen LogP contribution in [0.25, 0.3) is 0 Å². The molecule has 0 aromatic carbocycles. The first-order chi connectivity index (χ1) is 8.02. The van der Waals surface area contributed by atoms with E-state index in [-0.39, 0.29) is 23.3 Å². The highest BCUT2D eigenvalue weighted by atomic mass is 32.2. The number of rotatable bonds is 5. The minimum atomic E-state index is -0.847. The van der Waals surface area contributed by atoms with Crippen LogP contribution in [0.1, 0.15) is 23.8 Å². The van der Waals surface area contributed by atoms with Gasteiger partial charge < -0.3 is 10.4 Å². The van der Waals surface area contributed by atoms with Crippen LogP contribution in [0.4, 0.5) is 0 Å². The third kappa shape index (κ3) is 4.39. The summed E-state index contributed by atoms with van der Waals surface area (Å²) >= 11 is 1.31. The standard InChI is InChI=1S/C10H13N3O3S/c1-6(5-9(14)15)17-8-4-3-7(12-13-8)10(16)11-2/h3-4,6H,5H2,1-2H3,(H,11,16)(H,14,15). The van der Waals surface area contributed by atoms with E-state index in [1.807, 2.05) is 0 Å². The lowest BCUT2D eigenvalue weighted by Gasteiger charge is -2.06. The molecule has 1 amide bonds. The van der Waals surface area contributed by atoms with E-state index in [2.05, 4.69) is 15.5 Å². The van der Waals surface area contributed by atoms with Gasteiger partial charge in [-0.2, -0.15) is 0 Å². The number of amides is 1. The molecule has 1 unspecified atom stereocenters. The number of carbonyl (C=O) groups excluding carboxylic acids is 1. The fraction of sp³-hybridized carbons (Fsp3) is 0.400. The summed E-state index contributed by atoms with van der Waals surface area (Å²) in [4.78, 5) is 21.7. The van der Waals surface area contributed by atoms with Crippen molar-refractivity contribution in [3.63, 3.8) is 0 Å². The van der Waals surface area contributed by atoms with Crippen LogP contribution >= 0.6 is 11.8 Å². The number of nitrogens with one attached hydrogen (secondary N) is 1. The molecular formula is C10H13N3O3S. The second-order valence-electron chi connectivity index (χ2n) is 3.36. The van der Waals surface area contributed by atoms with Crippen LogP contribution in [0.2, 0.25) is 0 Å². The van der Waals surface area contributed by atoms with Crippen molar-refractivity contribution >= 4 is 23.6 Å². The first-order valence-electron chi connectivity index (χ1n) is 4.97. The molecule has 0 aliphatic rings.